The van der Waals surface area contributed by atoms with Crippen LogP contribution >= 0.6 is 11.6 Å². The summed E-state index contributed by atoms with van der Waals surface area (Å²) in [4.78, 5) is 49.0. The predicted molar refractivity (Wildman–Crippen MR) is 107 cm³/mol. The average molecular weight is 417 g/mol. The van der Waals surface area contributed by atoms with Crippen LogP contribution in [-0.2, 0) is 19.2 Å². The fourth-order valence-electron chi connectivity index (χ4n) is 3.07. The Morgan fingerprint density at radius 3 is 2.43 bits per heavy atom. The molecule has 1 aliphatic rings. The summed E-state index contributed by atoms with van der Waals surface area (Å²) in [6, 6.07) is -1.38. The first-order chi connectivity index (χ1) is 13.2. The number of rotatable bonds is 10. The molecule has 0 unspecified atom stereocenters. The maximum absolute atomic E-state index is 12.7. The van der Waals surface area contributed by atoms with Crippen molar-refractivity contribution in [2.75, 3.05) is 19.0 Å². The minimum atomic E-state index is -0.697. The van der Waals surface area contributed by atoms with Crippen LogP contribution in [0.4, 0.5) is 0 Å². The molecule has 2 atom stereocenters. The topological polar surface area (TPSA) is 108 Å². The van der Waals surface area contributed by atoms with Crippen LogP contribution in [0.2, 0.25) is 0 Å². The highest BCUT2D eigenvalue weighted by molar-refractivity contribution is 6.28. The minimum Gasteiger partial charge on any atom is -0.356 e. The largest absolute Gasteiger partial charge is 0.356 e. The van der Waals surface area contributed by atoms with Crippen molar-refractivity contribution in [1.82, 2.24) is 21.1 Å². The molecule has 0 aromatic rings. The van der Waals surface area contributed by atoms with Crippen molar-refractivity contribution >= 4 is 35.1 Å². The van der Waals surface area contributed by atoms with E-state index in [-0.39, 0.29) is 54.2 Å². The Morgan fingerprint density at radius 1 is 1.18 bits per heavy atom. The number of hydrogen-bond donors (Lipinski definition) is 3. The Bertz CT molecular complexity index is 568. The summed E-state index contributed by atoms with van der Waals surface area (Å²) in [5, 5.41) is 6.79. The van der Waals surface area contributed by atoms with Gasteiger partial charge < -0.3 is 10.6 Å². The number of halogens is 1. The highest BCUT2D eigenvalue weighted by Gasteiger charge is 2.34. The lowest BCUT2D eigenvalue weighted by Gasteiger charge is -2.36. The van der Waals surface area contributed by atoms with Crippen molar-refractivity contribution in [3.8, 4) is 0 Å². The molecule has 8 nitrogen and oxygen atoms in total. The molecule has 0 aromatic heterocycles. The number of alkyl halides is 1. The SMILES string of the molecule is CC(C)CC(=O)NCCC(=O)N1NCCC[C@H]1C(=O)N[C@H](C(=O)CCl)C(C)C. The van der Waals surface area contributed by atoms with E-state index < -0.39 is 12.1 Å². The maximum Gasteiger partial charge on any atom is 0.245 e. The monoisotopic (exact) mass is 416 g/mol. The number of hydrogen-bond acceptors (Lipinski definition) is 5. The molecule has 3 N–H and O–H groups in total. The average Bonchev–Trinajstić information content (AvgIpc) is 2.64. The summed E-state index contributed by atoms with van der Waals surface area (Å²) in [7, 11) is 0. The first-order valence-electron chi connectivity index (χ1n) is 9.88. The van der Waals surface area contributed by atoms with E-state index in [0.29, 0.717) is 19.4 Å². The number of Topliss-reactive ketones (excluding diaryl/α,β-unsaturated/α-hetero) is 1. The molecule has 3 amide bonds. The van der Waals surface area contributed by atoms with Crippen molar-refractivity contribution in [3.63, 3.8) is 0 Å². The van der Waals surface area contributed by atoms with Gasteiger partial charge in [-0.05, 0) is 24.7 Å². The third-order valence-corrected chi connectivity index (χ3v) is 4.78. The molecule has 0 aromatic carbocycles. The van der Waals surface area contributed by atoms with Crippen molar-refractivity contribution in [1.29, 1.82) is 0 Å². The number of nitrogens with zero attached hydrogens (tertiary/aromatic N) is 1. The zero-order valence-corrected chi connectivity index (χ0v) is 18.0. The lowest BCUT2D eigenvalue weighted by Crippen LogP contribution is -2.61. The highest BCUT2D eigenvalue weighted by atomic mass is 35.5. The van der Waals surface area contributed by atoms with Crippen LogP contribution in [0.25, 0.3) is 0 Å². The molecule has 0 bridgehead atoms. The summed E-state index contributed by atoms with van der Waals surface area (Å²) in [6.45, 7) is 8.37. The lowest BCUT2D eigenvalue weighted by atomic mass is 9.99. The van der Waals surface area contributed by atoms with E-state index in [4.69, 9.17) is 11.6 Å². The molecule has 0 aliphatic carbocycles. The maximum atomic E-state index is 12.7. The molecule has 160 valence electrons. The van der Waals surface area contributed by atoms with E-state index in [1.54, 1.807) is 0 Å². The van der Waals surface area contributed by atoms with Gasteiger partial charge in [-0.1, -0.05) is 27.7 Å². The Morgan fingerprint density at radius 2 is 1.86 bits per heavy atom. The summed E-state index contributed by atoms with van der Waals surface area (Å²) >= 11 is 5.64. The zero-order chi connectivity index (χ0) is 21.3. The van der Waals surface area contributed by atoms with Gasteiger partial charge in [0, 0.05) is 25.9 Å². The molecule has 1 saturated heterocycles. The molecular formula is C19H33ClN4O4. The van der Waals surface area contributed by atoms with E-state index in [1.807, 2.05) is 27.7 Å². The molecule has 0 radical (unpaired) electrons. The fraction of sp³-hybridized carbons (Fsp3) is 0.789. The van der Waals surface area contributed by atoms with E-state index in [0.717, 1.165) is 6.42 Å². The van der Waals surface area contributed by atoms with Crippen LogP contribution in [0.3, 0.4) is 0 Å². The van der Waals surface area contributed by atoms with Crippen molar-refractivity contribution in [3.05, 3.63) is 0 Å². The molecule has 1 rings (SSSR count). The van der Waals surface area contributed by atoms with Crippen LogP contribution in [0.15, 0.2) is 0 Å². The first-order valence-corrected chi connectivity index (χ1v) is 10.4. The van der Waals surface area contributed by atoms with Gasteiger partial charge in [-0.3, -0.25) is 24.2 Å². The quantitative estimate of drug-likeness (QED) is 0.460. The third kappa shape index (κ3) is 7.75. The third-order valence-electron chi connectivity index (χ3n) is 4.52. The number of amides is 3. The van der Waals surface area contributed by atoms with Gasteiger partial charge in [0.1, 0.15) is 6.04 Å². The van der Waals surface area contributed by atoms with Gasteiger partial charge in [0.2, 0.25) is 17.7 Å². The zero-order valence-electron chi connectivity index (χ0n) is 17.2. The predicted octanol–water partition coefficient (Wildman–Crippen LogP) is 0.983. The van der Waals surface area contributed by atoms with Gasteiger partial charge in [0.15, 0.2) is 5.78 Å². The van der Waals surface area contributed by atoms with Gasteiger partial charge >= 0.3 is 0 Å². The van der Waals surface area contributed by atoms with Crippen LogP contribution in [0.1, 0.15) is 53.4 Å². The number of carbonyl (C=O) groups is 4. The van der Waals surface area contributed by atoms with Gasteiger partial charge in [0.25, 0.3) is 0 Å². The Kier molecular flexibility index (Phi) is 10.5. The van der Waals surface area contributed by atoms with Gasteiger partial charge in [-0.15, -0.1) is 11.6 Å². The second-order valence-electron chi connectivity index (χ2n) is 7.86. The van der Waals surface area contributed by atoms with Crippen LogP contribution in [0.5, 0.6) is 0 Å². The summed E-state index contributed by atoms with van der Waals surface area (Å²) in [5.41, 5.74) is 2.97. The fourth-order valence-corrected chi connectivity index (χ4v) is 3.23. The van der Waals surface area contributed by atoms with E-state index >= 15 is 0 Å². The van der Waals surface area contributed by atoms with E-state index in [1.165, 1.54) is 5.01 Å². The van der Waals surface area contributed by atoms with Crippen LogP contribution in [-0.4, -0.2) is 59.6 Å². The van der Waals surface area contributed by atoms with E-state index in [9.17, 15) is 19.2 Å². The van der Waals surface area contributed by atoms with Gasteiger partial charge in [-0.25, -0.2) is 5.43 Å². The molecule has 1 heterocycles. The first kappa shape index (κ1) is 24.4. The minimum absolute atomic E-state index is 0.0921. The molecule has 0 spiro atoms. The standard InChI is InChI=1S/C19H33ClN4O4/c1-12(2)10-16(26)21-9-7-17(27)24-14(6-5-8-22-24)19(28)23-18(13(3)4)15(25)11-20/h12-14,18,22H,5-11H2,1-4H3,(H,21,26)(H,23,28)/t14-,18-/m0/s1. The second kappa shape index (κ2) is 12.0. The van der Waals surface area contributed by atoms with Crippen molar-refractivity contribution in [2.45, 2.75) is 65.5 Å². The number of nitrogens with one attached hydrogen (secondary N) is 3. The molecular weight excluding hydrogens is 384 g/mol. The summed E-state index contributed by atoms with van der Waals surface area (Å²) < 4.78 is 0. The Hall–Kier alpha value is -1.67. The Labute approximate surface area is 172 Å². The number of hydrazine groups is 1. The highest BCUT2D eigenvalue weighted by Crippen LogP contribution is 2.14. The lowest BCUT2D eigenvalue weighted by molar-refractivity contribution is -0.147. The Balaban J connectivity index is 2.66. The number of ketones is 1. The van der Waals surface area contributed by atoms with E-state index in [2.05, 4.69) is 16.1 Å². The van der Waals surface area contributed by atoms with Crippen molar-refractivity contribution in [2.24, 2.45) is 11.8 Å². The van der Waals surface area contributed by atoms with Crippen LogP contribution in [0, 0.1) is 11.8 Å². The molecule has 1 fully saturated rings. The summed E-state index contributed by atoms with van der Waals surface area (Å²) in [5.74, 6) is -1.02. The van der Waals surface area contributed by atoms with Gasteiger partial charge in [0.05, 0.1) is 11.9 Å². The second-order valence-corrected chi connectivity index (χ2v) is 8.13. The van der Waals surface area contributed by atoms with Crippen molar-refractivity contribution < 1.29 is 19.2 Å². The molecule has 1 aliphatic heterocycles. The molecule has 0 saturated carbocycles. The molecule has 9 heteroatoms. The molecule has 28 heavy (non-hydrogen) atoms. The number of carbonyl (C=O) groups excluding carboxylic acids is 4. The van der Waals surface area contributed by atoms with Gasteiger partial charge in [-0.2, -0.15) is 0 Å². The smallest absolute Gasteiger partial charge is 0.245 e. The summed E-state index contributed by atoms with van der Waals surface area (Å²) in [6.07, 6.45) is 1.74. The normalized spacial score (nSPS) is 18.1. The van der Waals surface area contributed by atoms with Crippen LogP contribution < -0.4 is 16.1 Å².